The van der Waals surface area contributed by atoms with Crippen LogP contribution in [0.5, 0.6) is 5.75 Å². The second kappa shape index (κ2) is 13.5. The lowest BCUT2D eigenvalue weighted by molar-refractivity contribution is -0.138. The zero-order valence-electron chi connectivity index (χ0n) is 25.7. The summed E-state index contributed by atoms with van der Waals surface area (Å²) in [5, 5.41) is 14.8. The number of alkyl halides is 3. The maximum Gasteiger partial charge on any atom is 0.419 e. The van der Waals surface area contributed by atoms with Gasteiger partial charge in [-0.2, -0.15) is 18.4 Å². The van der Waals surface area contributed by atoms with Gasteiger partial charge in [-0.05, 0) is 55.0 Å². The minimum atomic E-state index is -4.61. The highest BCUT2D eigenvalue weighted by molar-refractivity contribution is 5.99. The van der Waals surface area contributed by atoms with Crippen molar-refractivity contribution in [1.82, 2.24) is 19.8 Å². The monoisotopic (exact) mass is 634 g/mol. The third-order valence-corrected chi connectivity index (χ3v) is 9.17. The Morgan fingerprint density at radius 3 is 2.59 bits per heavy atom. The van der Waals surface area contributed by atoms with Crippen molar-refractivity contribution in [3.8, 4) is 11.8 Å². The molecule has 1 amide bonds. The lowest BCUT2D eigenvalue weighted by Crippen LogP contribution is -2.53. The number of methoxy groups -OCH3 is 1. The molecule has 1 aromatic heterocycles. The second-order valence-corrected chi connectivity index (χ2v) is 11.9. The number of carbonyl (C=O) groups excluding carboxylic acids is 1. The lowest BCUT2D eigenvalue weighted by atomic mass is 9.98. The summed E-state index contributed by atoms with van der Waals surface area (Å²) in [6.07, 6.45) is -1.10. The van der Waals surface area contributed by atoms with Gasteiger partial charge in [0.05, 0.1) is 43.1 Å². The van der Waals surface area contributed by atoms with E-state index >= 15 is 0 Å². The number of nitriles is 1. The van der Waals surface area contributed by atoms with E-state index in [-0.39, 0.29) is 30.4 Å². The average Bonchev–Trinajstić information content (AvgIpc) is 3.45. The molecule has 13 heteroatoms. The van der Waals surface area contributed by atoms with Crippen molar-refractivity contribution in [3.05, 3.63) is 65.0 Å². The number of piperidine rings is 1. The van der Waals surface area contributed by atoms with Crippen molar-refractivity contribution >= 4 is 28.9 Å². The molecule has 2 aromatic carbocycles. The highest BCUT2D eigenvalue weighted by Gasteiger charge is 2.35. The van der Waals surface area contributed by atoms with Crippen LogP contribution < -0.4 is 20.3 Å². The molecule has 0 spiro atoms. The van der Waals surface area contributed by atoms with Crippen LogP contribution in [-0.2, 0) is 30.2 Å². The number of aryl methyl sites for hydroxylation is 2. The summed E-state index contributed by atoms with van der Waals surface area (Å²) in [6.45, 7) is 6.06. The molecule has 242 valence electrons. The number of amides is 1. The number of fused-ring (bicyclic) bond motifs is 1. The molecular formula is C33H37F3N8O2. The number of hydrogen-bond donors (Lipinski definition) is 2. The van der Waals surface area contributed by atoms with Gasteiger partial charge in [-0.25, -0.2) is 9.97 Å². The van der Waals surface area contributed by atoms with E-state index in [4.69, 9.17) is 10.00 Å². The number of ether oxygens (including phenoxy) is 1. The van der Waals surface area contributed by atoms with Crippen LogP contribution in [0.3, 0.4) is 0 Å². The third kappa shape index (κ3) is 7.03. The maximum atomic E-state index is 13.9. The zero-order valence-corrected chi connectivity index (χ0v) is 25.7. The number of likely N-dealkylation sites (tertiary alicyclic amines) is 1. The Hall–Kier alpha value is -4.41. The molecule has 2 N–H and O–H groups in total. The first-order chi connectivity index (χ1) is 22.2. The van der Waals surface area contributed by atoms with Crippen molar-refractivity contribution in [3.63, 3.8) is 0 Å². The molecule has 10 nitrogen and oxygen atoms in total. The standard InChI is InChI=1S/C33H37F3N8O2/c1-46-30-19-24(44-17-15-43(16-18-44)23-9-12-42(13-10-23)14-11-37)6-8-29(30)41-32-38-21-26(33(34,35)36)28(40-32)7-5-22-3-2-4-27-25(22)20-31(45)39-27/h2-4,6,8,19,21,23H,5,7,9-10,12-18,20H2,1H3,(H,39,45)(H,38,40,41). The highest BCUT2D eigenvalue weighted by Crippen LogP contribution is 2.35. The van der Waals surface area contributed by atoms with Gasteiger partial charge in [-0.1, -0.05) is 12.1 Å². The number of anilines is 4. The fraction of sp³-hybridized carbons (Fsp3) is 0.455. The molecule has 2 saturated heterocycles. The van der Waals surface area contributed by atoms with Crippen LogP contribution in [0.25, 0.3) is 0 Å². The summed E-state index contributed by atoms with van der Waals surface area (Å²) in [5.74, 6) is 0.448. The Bertz CT molecular complexity index is 1610. The number of carbonyl (C=O) groups is 1. The predicted octanol–water partition coefficient (Wildman–Crippen LogP) is 4.64. The van der Waals surface area contributed by atoms with Crippen molar-refractivity contribution in [1.29, 1.82) is 5.26 Å². The predicted molar refractivity (Wildman–Crippen MR) is 168 cm³/mol. The summed E-state index contributed by atoms with van der Waals surface area (Å²) in [7, 11) is 1.55. The summed E-state index contributed by atoms with van der Waals surface area (Å²) in [4.78, 5) is 27.2. The molecule has 3 aliphatic heterocycles. The maximum absolute atomic E-state index is 13.9. The number of aromatic nitrogens is 2. The van der Waals surface area contributed by atoms with Gasteiger partial charge in [0.1, 0.15) is 5.75 Å². The fourth-order valence-corrected chi connectivity index (χ4v) is 6.70. The Morgan fingerprint density at radius 1 is 1.09 bits per heavy atom. The fourth-order valence-electron chi connectivity index (χ4n) is 6.70. The van der Waals surface area contributed by atoms with Crippen LogP contribution in [0.2, 0.25) is 0 Å². The number of piperazine rings is 1. The van der Waals surface area contributed by atoms with Crippen molar-refractivity contribution in [2.75, 3.05) is 68.5 Å². The van der Waals surface area contributed by atoms with Gasteiger partial charge in [0.2, 0.25) is 11.9 Å². The topological polar surface area (TPSA) is 110 Å². The largest absolute Gasteiger partial charge is 0.494 e. The van der Waals surface area contributed by atoms with Gasteiger partial charge in [-0.15, -0.1) is 0 Å². The third-order valence-electron chi connectivity index (χ3n) is 9.17. The molecule has 4 heterocycles. The van der Waals surface area contributed by atoms with Crippen LogP contribution in [-0.4, -0.2) is 84.6 Å². The summed E-state index contributed by atoms with van der Waals surface area (Å²) in [6, 6.07) is 13.9. The van der Waals surface area contributed by atoms with E-state index in [0.29, 0.717) is 36.1 Å². The van der Waals surface area contributed by atoms with Crippen molar-refractivity contribution < 1.29 is 22.7 Å². The van der Waals surface area contributed by atoms with Gasteiger partial charge < -0.3 is 20.3 Å². The number of hydrogen-bond acceptors (Lipinski definition) is 9. The highest BCUT2D eigenvalue weighted by atomic mass is 19.4. The van der Waals surface area contributed by atoms with Crippen LogP contribution in [0.4, 0.5) is 36.2 Å². The van der Waals surface area contributed by atoms with Gasteiger partial charge in [0.15, 0.2) is 0 Å². The Kier molecular flexibility index (Phi) is 9.28. The summed E-state index contributed by atoms with van der Waals surface area (Å²) < 4.78 is 47.4. The minimum Gasteiger partial charge on any atom is -0.494 e. The van der Waals surface area contributed by atoms with Gasteiger partial charge in [-0.3, -0.25) is 14.6 Å². The number of rotatable bonds is 9. The summed E-state index contributed by atoms with van der Waals surface area (Å²) >= 11 is 0. The molecule has 6 rings (SSSR count). The van der Waals surface area contributed by atoms with Gasteiger partial charge in [0, 0.05) is 68.9 Å². The Morgan fingerprint density at radius 2 is 1.87 bits per heavy atom. The van der Waals surface area contributed by atoms with E-state index in [9.17, 15) is 18.0 Å². The summed E-state index contributed by atoms with van der Waals surface area (Å²) in [5.41, 5.74) is 2.88. The smallest absolute Gasteiger partial charge is 0.419 e. The van der Waals surface area contributed by atoms with Crippen LogP contribution >= 0.6 is 0 Å². The molecule has 0 unspecified atom stereocenters. The first-order valence-electron chi connectivity index (χ1n) is 15.6. The quantitative estimate of drug-likeness (QED) is 0.326. The molecule has 0 bridgehead atoms. The molecule has 0 atom stereocenters. The van der Waals surface area contributed by atoms with Gasteiger partial charge in [0.25, 0.3) is 0 Å². The lowest BCUT2D eigenvalue weighted by Gasteiger charge is -2.43. The average molecular weight is 635 g/mol. The van der Waals surface area contributed by atoms with E-state index in [0.717, 1.165) is 75.1 Å². The second-order valence-electron chi connectivity index (χ2n) is 11.9. The van der Waals surface area contributed by atoms with Crippen LogP contribution in [0.1, 0.15) is 35.2 Å². The van der Waals surface area contributed by atoms with Crippen LogP contribution in [0, 0.1) is 11.3 Å². The molecule has 46 heavy (non-hydrogen) atoms. The SMILES string of the molecule is COc1cc(N2CCN(C3CCN(CC#N)CC3)CC2)ccc1Nc1ncc(C(F)(F)F)c(CCc2cccc3c2CC(=O)N3)n1. The van der Waals surface area contributed by atoms with Crippen molar-refractivity contribution in [2.45, 2.75) is 44.3 Å². The molecule has 3 aliphatic rings. The number of nitrogens with one attached hydrogen (secondary N) is 2. The number of nitrogens with zero attached hydrogens (tertiary/aromatic N) is 6. The minimum absolute atomic E-state index is 0.0255. The van der Waals surface area contributed by atoms with E-state index in [2.05, 4.69) is 41.4 Å². The Balaban J connectivity index is 1.12. The molecular weight excluding hydrogens is 597 g/mol. The molecule has 0 saturated carbocycles. The van der Waals surface area contributed by atoms with Crippen molar-refractivity contribution in [2.24, 2.45) is 0 Å². The molecule has 3 aromatic rings. The van der Waals surface area contributed by atoms with Crippen LogP contribution in [0.15, 0.2) is 42.6 Å². The molecule has 0 aliphatic carbocycles. The normalized spacial score (nSPS) is 17.8. The Labute approximate surface area is 266 Å². The first-order valence-corrected chi connectivity index (χ1v) is 15.6. The zero-order chi connectivity index (χ0) is 32.3. The van der Waals surface area contributed by atoms with E-state index < -0.39 is 11.7 Å². The van der Waals surface area contributed by atoms with Gasteiger partial charge >= 0.3 is 6.18 Å². The van der Waals surface area contributed by atoms with E-state index in [1.165, 1.54) is 0 Å². The van der Waals surface area contributed by atoms with E-state index in [1.807, 2.05) is 24.3 Å². The number of halogens is 3. The molecule has 0 radical (unpaired) electrons. The first kappa shape index (κ1) is 31.6. The van der Waals surface area contributed by atoms with E-state index in [1.54, 1.807) is 19.2 Å². The molecule has 2 fully saturated rings. The number of benzene rings is 2.